The third-order valence-corrected chi connectivity index (χ3v) is 6.41. The predicted molar refractivity (Wildman–Crippen MR) is 139 cm³/mol. The van der Waals surface area contributed by atoms with E-state index in [0.717, 1.165) is 53.4 Å². The first kappa shape index (κ1) is 23.8. The van der Waals surface area contributed by atoms with Gasteiger partial charge in [-0.1, -0.05) is 72.8 Å². The van der Waals surface area contributed by atoms with E-state index in [1.54, 1.807) is 6.92 Å². The second-order valence-electron chi connectivity index (χ2n) is 8.86. The van der Waals surface area contributed by atoms with Gasteiger partial charge in [0.25, 0.3) is 0 Å². The Morgan fingerprint density at radius 3 is 2.50 bits per heavy atom. The van der Waals surface area contributed by atoms with Gasteiger partial charge in [0.1, 0.15) is 11.4 Å². The number of oxazole rings is 1. The molecular formula is C30H30N2O4. The summed E-state index contributed by atoms with van der Waals surface area (Å²) >= 11 is 0. The van der Waals surface area contributed by atoms with Gasteiger partial charge in [0.05, 0.1) is 12.5 Å². The Labute approximate surface area is 211 Å². The average molecular weight is 483 g/mol. The smallest absolute Gasteiger partial charge is 0.344 e. The van der Waals surface area contributed by atoms with Crippen molar-refractivity contribution in [3.8, 4) is 28.3 Å². The maximum absolute atomic E-state index is 11.6. The lowest BCUT2D eigenvalue weighted by molar-refractivity contribution is -0.145. The monoisotopic (exact) mass is 482 g/mol. The number of aromatic nitrogens is 1. The molecule has 4 aromatic rings. The maximum Gasteiger partial charge on any atom is 0.344 e. The van der Waals surface area contributed by atoms with Crippen LogP contribution in [0.25, 0.3) is 22.6 Å². The zero-order valence-electron chi connectivity index (χ0n) is 20.4. The molecule has 184 valence electrons. The number of esters is 1. The first-order chi connectivity index (χ1) is 17.7. The molecule has 0 aliphatic carbocycles. The number of ether oxygens (including phenoxy) is 2. The van der Waals surface area contributed by atoms with E-state index in [1.807, 2.05) is 54.6 Å². The zero-order chi connectivity index (χ0) is 24.7. The van der Waals surface area contributed by atoms with Gasteiger partial charge in [-0.3, -0.25) is 0 Å². The van der Waals surface area contributed by atoms with Crippen molar-refractivity contribution in [3.05, 3.63) is 96.4 Å². The SMILES string of the molecule is CCOC(=O)COc1cccc(CC2NCCC2c2nc(-c3ccccc3)c(-c3ccccc3)o2)c1. The molecule has 1 fully saturated rings. The van der Waals surface area contributed by atoms with Crippen LogP contribution in [0.2, 0.25) is 0 Å². The third-order valence-electron chi connectivity index (χ3n) is 6.41. The highest BCUT2D eigenvalue weighted by molar-refractivity contribution is 5.76. The van der Waals surface area contributed by atoms with Crippen LogP contribution in [-0.4, -0.2) is 36.8 Å². The van der Waals surface area contributed by atoms with Crippen LogP contribution in [0.15, 0.2) is 89.3 Å². The van der Waals surface area contributed by atoms with E-state index < -0.39 is 0 Å². The molecule has 0 saturated carbocycles. The van der Waals surface area contributed by atoms with Gasteiger partial charge in [0.15, 0.2) is 18.3 Å². The van der Waals surface area contributed by atoms with Crippen molar-refractivity contribution >= 4 is 5.97 Å². The molecule has 0 radical (unpaired) electrons. The fraction of sp³-hybridized carbons (Fsp3) is 0.267. The molecule has 2 atom stereocenters. The fourth-order valence-corrected chi connectivity index (χ4v) is 4.71. The molecule has 2 unspecified atom stereocenters. The largest absolute Gasteiger partial charge is 0.482 e. The third kappa shape index (κ3) is 5.50. The van der Waals surface area contributed by atoms with Crippen molar-refractivity contribution in [2.45, 2.75) is 31.7 Å². The second-order valence-corrected chi connectivity index (χ2v) is 8.86. The molecule has 0 bridgehead atoms. The number of nitrogens with zero attached hydrogens (tertiary/aromatic N) is 1. The van der Waals surface area contributed by atoms with Gasteiger partial charge in [-0.15, -0.1) is 0 Å². The van der Waals surface area contributed by atoms with E-state index in [-0.39, 0.29) is 24.5 Å². The number of carbonyl (C=O) groups is 1. The van der Waals surface area contributed by atoms with Crippen LogP contribution < -0.4 is 10.1 Å². The van der Waals surface area contributed by atoms with Crippen molar-refractivity contribution in [2.24, 2.45) is 0 Å². The summed E-state index contributed by atoms with van der Waals surface area (Å²) in [7, 11) is 0. The van der Waals surface area contributed by atoms with Crippen molar-refractivity contribution < 1.29 is 18.7 Å². The van der Waals surface area contributed by atoms with Crippen LogP contribution in [0.5, 0.6) is 5.75 Å². The standard InChI is InChI=1S/C30H30N2O4/c1-2-34-27(33)20-35-24-15-9-10-21(18-24)19-26-25(16-17-31-26)30-32-28(22-11-5-3-6-12-22)29(36-30)23-13-7-4-8-14-23/h3-15,18,25-26,31H,2,16-17,19-20H2,1H3. The average Bonchev–Trinajstić information content (AvgIpc) is 3.56. The van der Waals surface area contributed by atoms with Gasteiger partial charge in [-0.25, -0.2) is 9.78 Å². The molecule has 36 heavy (non-hydrogen) atoms. The number of nitrogens with one attached hydrogen (secondary N) is 1. The van der Waals surface area contributed by atoms with Gasteiger partial charge in [0.2, 0.25) is 0 Å². The number of hydrogen-bond donors (Lipinski definition) is 1. The van der Waals surface area contributed by atoms with Crippen LogP contribution in [-0.2, 0) is 16.0 Å². The number of hydrogen-bond acceptors (Lipinski definition) is 6. The molecular weight excluding hydrogens is 452 g/mol. The second kappa shape index (κ2) is 11.2. The highest BCUT2D eigenvalue weighted by Crippen LogP contribution is 2.38. The zero-order valence-corrected chi connectivity index (χ0v) is 20.4. The summed E-state index contributed by atoms with van der Waals surface area (Å²) in [5.74, 6) is 2.00. The van der Waals surface area contributed by atoms with Crippen LogP contribution in [0.3, 0.4) is 0 Å². The summed E-state index contributed by atoms with van der Waals surface area (Å²) in [6.07, 6.45) is 1.75. The Morgan fingerprint density at radius 1 is 1.00 bits per heavy atom. The number of carbonyl (C=O) groups excluding carboxylic acids is 1. The van der Waals surface area contributed by atoms with Gasteiger partial charge < -0.3 is 19.2 Å². The van der Waals surface area contributed by atoms with Gasteiger partial charge in [-0.2, -0.15) is 0 Å². The lowest BCUT2D eigenvalue weighted by atomic mass is 9.94. The summed E-state index contributed by atoms with van der Waals surface area (Å²) in [5.41, 5.74) is 4.06. The summed E-state index contributed by atoms with van der Waals surface area (Å²) in [5, 5.41) is 3.63. The van der Waals surface area contributed by atoms with E-state index in [9.17, 15) is 4.79 Å². The van der Waals surface area contributed by atoms with Gasteiger partial charge in [0, 0.05) is 17.2 Å². The number of rotatable bonds is 9. The van der Waals surface area contributed by atoms with Gasteiger partial charge >= 0.3 is 5.97 Å². The Kier molecular flexibility index (Phi) is 7.43. The Bertz CT molecular complexity index is 1230. The van der Waals surface area contributed by atoms with Crippen molar-refractivity contribution in [1.29, 1.82) is 0 Å². The molecule has 0 amide bonds. The molecule has 1 saturated heterocycles. The Hall–Kier alpha value is -3.90. The first-order valence-corrected chi connectivity index (χ1v) is 12.4. The van der Waals surface area contributed by atoms with E-state index in [1.165, 1.54) is 0 Å². The highest BCUT2D eigenvalue weighted by atomic mass is 16.6. The normalized spacial score (nSPS) is 17.1. The molecule has 1 N–H and O–H groups in total. The predicted octanol–water partition coefficient (Wildman–Crippen LogP) is 5.64. The molecule has 5 rings (SSSR count). The molecule has 1 aromatic heterocycles. The first-order valence-electron chi connectivity index (χ1n) is 12.4. The van der Waals surface area contributed by atoms with E-state index in [0.29, 0.717) is 12.4 Å². The maximum atomic E-state index is 11.6. The quantitative estimate of drug-likeness (QED) is 0.311. The summed E-state index contributed by atoms with van der Waals surface area (Å²) in [4.78, 5) is 16.7. The Balaban J connectivity index is 1.37. The minimum absolute atomic E-state index is 0.0948. The lowest BCUT2D eigenvalue weighted by Crippen LogP contribution is -2.28. The summed E-state index contributed by atoms with van der Waals surface area (Å²) < 4.78 is 17.1. The van der Waals surface area contributed by atoms with Crippen LogP contribution in [0.1, 0.15) is 30.7 Å². The Morgan fingerprint density at radius 2 is 1.75 bits per heavy atom. The molecule has 6 heteroatoms. The van der Waals surface area contributed by atoms with Gasteiger partial charge in [-0.05, 0) is 44.0 Å². The minimum Gasteiger partial charge on any atom is -0.482 e. The summed E-state index contributed by atoms with van der Waals surface area (Å²) in [6.45, 7) is 2.93. The molecule has 0 spiro atoms. The van der Waals surface area contributed by atoms with Crippen LogP contribution >= 0.6 is 0 Å². The molecule has 3 aromatic carbocycles. The van der Waals surface area contributed by atoms with E-state index in [4.69, 9.17) is 18.9 Å². The summed E-state index contributed by atoms with van der Waals surface area (Å²) in [6, 6.07) is 28.4. The number of benzene rings is 3. The fourth-order valence-electron chi connectivity index (χ4n) is 4.71. The molecule has 1 aliphatic rings. The molecule has 1 aliphatic heterocycles. The van der Waals surface area contributed by atoms with Crippen molar-refractivity contribution in [2.75, 3.05) is 19.8 Å². The lowest BCUT2D eigenvalue weighted by Gasteiger charge is -2.17. The molecule has 2 heterocycles. The van der Waals surface area contributed by atoms with E-state index in [2.05, 4.69) is 35.6 Å². The highest BCUT2D eigenvalue weighted by Gasteiger charge is 2.33. The van der Waals surface area contributed by atoms with E-state index >= 15 is 0 Å². The van der Waals surface area contributed by atoms with Crippen LogP contribution in [0.4, 0.5) is 0 Å². The topological polar surface area (TPSA) is 73.6 Å². The molecule has 6 nitrogen and oxygen atoms in total. The van der Waals surface area contributed by atoms with Crippen molar-refractivity contribution in [3.63, 3.8) is 0 Å². The van der Waals surface area contributed by atoms with Crippen molar-refractivity contribution in [1.82, 2.24) is 10.3 Å². The minimum atomic E-state index is -0.368. The van der Waals surface area contributed by atoms with Crippen LogP contribution in [0, 0.1) is 0 Å².